The van der Waals surface area contributed by atoms with E-state index < -0.39 is 35.7 Å². The third kappa shape index (κ3) is 6.92. The van der Waals surface area contributed by atoms with Gasteiger partial charge in [-0.3, -0.25) is 14.4 Å². The van der Waals surface area contributed by atoms with Crippen molar-refractivity contribution >= 4 is 40.4 Å². The lowest BCUT2D eigenvalue weighted by atomic mass is 9.86. The number of ether oxygens (including phenoxy) is 2. The summed E-state index contributed by atoms with van der Waals surface area (Å²) in [6.07, 6.45) is 0.462. The van der Waals surface area contributed by atoms with Gasteiger partial charge in [-0.25, -0.2) is 14.6 Å². The zero-order chi connectivity index (χ0) is 38.2. The summed E-state index contributed by atoms with van der Waals surface area (Å²) in [5, 5.41) is 17.3. The molecule has 4 amide bonds. The normalized spacial score (nSPS) is 16.8. The van der Waals surface area contributed by atoms with Crippen molar-refractivity contribution < 1.29 is 33.8 Å². The third-order valence-electron chi connectivity index (χ3n) is 9.86. The van der Waals surface area contributed by atoms with Crippen LogP contribution in [0.15, 0.2) is 53.3 Å². The zero-order valence-electron chi connectivity index (χ0n) is 30.0. The Morgan fingerprint density at radius 2 is 1.83 bits per heavy atom. The first-order valence-electron chi connectivity index (χ1n) is 17.5. The fourth-order valence-corrected chi connectivity index (χ4v) is 6.89. The number of carbonyl (C=O) groups excluding carboxylic acids is 4. The molecule has 7 N–H and O–H groups in total. The molecule has 15 nitrogen and oxygen atoms in total. The van der Waals surface area contributed by atoms with Crippen LogP contribution in [-0.4, -0.2) is 70.1 Å². The number of esters is 1. The number of cyclic esters (lactones) is 1. The summed E-state index contributed by atoms with van der Waals surface area (Å²) in [6.45, 7) is 4.03. The highest BCUT2D eigenvalue weighted by Crippen LogP contribution is 2.41. The Morgan fingerprint density at radius 3 is 2.49 bits per heavy atom. The lowest BCUT2D eigenvalue weighted by Crippen LogP contribution is -2.44. The minimum Gasteiger partial charge on any atom is -0.476 e. The van der Waals surface area contributed by atoms with Crippen LogP contribution in [0.2, 0.25) is 0 Å². The molecule has 0 fully saturated rings. The Bertz CT molecular complexity index is 2180. The summed E-state index contributed by atoms with van der Waals surface area (Å²) in [4.78, 5) is 69.6. The number of aliphatic hydroxyl groups is 1. The number of anilines is 1. The molecule has 6 rings (SSSR count). The van der Waals surface area contributed by atoms with E-state index in [-0.39, 0.29) is 42.2 Å². The number of aromatic nitrogens is 2. The number of nitrogens with two attached hydrogens (primary N) is 2. The van der Waals surface area contributed by atoms with Crippen LogP contribution in [0.5, 0.6) is 5.75 Å². The molecule has 0 aliphatic carbocycles. The second-order valence-corrected chi connectivity index (χ2v) is 13.4. The van der Waals surface area contributed by atoms with Crippen LogP contribution in [0.25, 0.3) is 22.3 Å². The second-order valence-electron chi connectivity index (χ2n) is 13.4. The van der Waals surface area contributed by atoms with Gasteiger partial charge < -0.3 is 46.1 Å². The van der Waals surface area contributed by atoms with Crippen LogP contribution in [0.4, 0.5) is 10.5 Å². The Morgan fingerprint density at radius 1 is 1.09 bits per heavy atom. The predicted molar refractivity (Wildman–Crippen MR) is 196 cm³/mol. The van der Waals surface area contributed by atoms with E-state index in [9.17, 15) is 29.1 Å². The minimum absolute atomic E-state index is 0.0511. The Balaban J connectivity index is 1.27. The van der Waals surface area contributed by atoms with Crippen molar-refractivity contribution in [1.82, 2.24) is 19.8 Å². The number of nitrogens with one attached hydrogen (secondary N) is 2. The number of nitrogens with zero attached hydrogens (tertiary/aromatic N) is 3. The molecule has 0 saturated carbocycles. The van der Waals surface area contributed by atoms with Gasteiger partial charge in [-0.2, -0.15) is 0 Å². The fraction of sp³-hybridized carbons (Fsp3) is 0.368. The van der Waals surface area contributed by atoms with E-state index in [1.54, 1.807) is 68.1 Å². The van der Waals surface area contributed by atoms with Crippen LogP contribution in [-0.2, 0) is 44.3 Å². The Labute approximate surface area is 305 Å². The maximum absolute atomic E-state index is 13.7. The van der Waals surface area contributed by atoms with E-state index in [1.807, 2.05) is 13.0 Å². The van der Waals surface area contributed by atoms with Crippen molar-refractivity contribution in [3.8, 4) is 17.1 Å². The summed E-state index contributed by atoms with van der Waals surface area (Å²) < 4.78 is 13.2. The molecule has 2 aromatic heterocycles. The van der Waals surface area contributed by atoms with Gasteiger partial charge in [-0.05, 0) is 67.6 Å². The molecule has 2 aliphatic heterocycles. The molecular weight excluding hydrogens is 682 g/mol. The SMILES string of the molecule is CCc1c2c(nc3ccc(OC(C(=O)N(C)C)c4ccc(NC(=O)C(N)CCCNC(N)=O)cc4)cc13)-c1cc3c(c(=O)n1C2)COC(=O)[C@]3(O)CC. The number of hydrogen-bond donors (Lipinski definition) is 5. The summed E-state index contributed by atoms with van der Waals surface area (Å²) in [7, 11) is 3.27. The van der Waals surface area contributed by atoms with E-state index in [2.05, 4.69) is 10.6 Å². The lowest BCUT2D eigenvalue weighted by Gasteiger charge is -2.31. The van der Waals surface area contributed by atoms with Gasteiger partial charge in [0.1, 0.15) is 12.4 Å². The van der Waals surface area contributed by atoms with Gasteiger partial charge in [-0.15, -0.1) is 0 Å². The molecule has 4 heterocycles. The first kappa shape index (κ1) is 37.0. The number of likely N-dealkylation sites (N-methyl/N-ethyl adjacent to an activating group) is 1. The molecule has 2 unspecified atom stereocenters. The van der Waals surface area contributed by atoms with E-state index in [0.29, 0.717) is 59.7 Å². The number of benzene rings is 2. The molecule has 0 bridgehead atoms. The summed E-state index contributed by atoms with van der Waals surface area (Å²) in [5.74, 6) is -1.04. The van der Waals surface area contributed by atoms with Crippen LogP contribution in [0.3, 0.4) is 0 Å². The summed E-state index contributed by atoms with van der Waals surface area (Å²) >= 11 is 0. The van der Waals surface area contributed by atoms with Gasteiger partial charge in [0.15, 0.2) is 5.60 Å². The number of primary amides is 1. The predicted octanol–water partition coefficient (Wildman–Crippen LogP) is 2.56. The number of rotatable bonds is 12. The standard InChI is InChI=1S/C38H43N7O8/c1-5-23-24-16-22(53-32(35(48)44(3)4)20-9-11-21(12-10-20)42-33(46)28(39)8-7-15-41-37(40)50)13-14-29(24)43-31-25(23)18-45-30(31)17-27-26(34(45)47)19-52-36(49)38(27,51)6-2/h9-14,16-17,28,32,51H,5-8,15,18-19,39H2,1-4H3,(H,42,46)(H3,40,41,50)/t28?,32?,38-/m0/s1. The molecule has 0 spiro atoms. The highest BCUT2D eigenvalue weighted by molar-refractivity contribution is 5.95. The van der Waals surface area contributed by atoms with Gasteiger partial charge in [-0.1, -0.05) is 26.0 Å². The molecule has 15 heteroatoms. The first-order valence-corrected chi connectivity index (χ1v) is 17.5. The third-order valence-corrected chi connectivity index (χ3v) is 9.86. The second kappa shape index (κ2) is 14.7. The molecule has 2 aromatic carbocycles. The van der Waals surface area contributed by atoms with Crippen molar-refractivity contribution in [2.75, 3.05) is 26.0 Å². The first-order chi connectivity index (χ1) is 25.3. The molecule has 0 saturated heterocycles. The number of aryl methyl sites for hydroxylation is 1. The highest BCUT2D eigenvalue weighted by atomic mass is 16.6. The van der Waals surface area contributed by atoms with E-state index in [4.69, 9.17) is 25.9 Å². The van der Waals surface area contributed by atoms with E-state index >= 15 is 0 Å². The van der Waals surface area contributed by atoms with Crippen molar-refractivity contribution in [3.63, 3.8) is 0 Å². The summed E-state index contributed by atoms with van der Waals surface area (Å²) in [5.41, 5.74) is 14.0. The highest BCUT2D eigenvalue weighted by Gasteiger charge is 2.45. The number of urea groups is 1. The summed E-state index contributed by atoms with van der Waals surface area (Å²) in [6, 6.07) is 12.3. The Hall–Kier alpha value is -5.80. The van der Waals surface area contributed by atoms with E-state index in [1.165, 1.54) is 4.90 Å². The smallest absolute Gasteiger partial charge is 0.343 e. The van der Waals surface area contributed by atoms with Crippen molar-refractivity contribution in [3.05, 3.63) is 86.7 Å². The average molecular weight is 726 g/mol. The molecule has 53 heavy (non-hydrogen) atoms. The van der Waals surface area contributed by atoms with E-state index in [0.717, 1.165) is 16.5 Å². The minimum atomic E-state index is -1.92. The number of carbonyl (C=O) groups is 4. The number of hydrogen-bond acceptors (Lipinski definition) is 10. The zero-order valence-corrected chi connectivity index (χ0v) is 30.0. The fourth-order valence-electron chi connectivity index (χ4n) is 6.89. The number of pyridine rings is 2. The van der Waals surface area contributed by atoms with Crippen molar-refractivity contribution in [1.29, 1.82) is 0 Å². The van der Waals surface area contributed by atoms with Crippen LogP contribution in [0.1, 0.15) is 67.0 Å². The molecule has 278 valence electrons. The van der Waals surface area contributed by atoms with Gasteiger partial charge in [0.2, 0.25) is 12.0 Å². The van der Waals surface area contributed by atoms with Crippen molar-refractivity contribution in [2.45, 2.75) is 70.4 Å². The molecule has 0 radical (unpaired) electrons. The number of fused-ring (bicyclic) bond motifs is 5. The van der Waals surface area contributed by atoms with Gasteiger partial charge in [0.25, 0.3) is 11.5 Å². The maximum atomic E-state index is 13.7. The molecule has 2 aliphatic rings. The molecule has 4 aromatic rings. The maximum Gasteiger partial charge on any atom is 0.343 e. The van der Waals surface area contributed by atoms with Gasteiger partial charge >= 0.3 is 12.0 Å². The van der Waals surface area contributed by atoms with Gasteiger partial charge in [0, 0.05) is 48.4 Å². The largest absolute Gasteiger partial charge is 0.476 e. The average Bonchev–Trinajstić information content (AvgIpc) is 3.51. The lowest BCUT2D eigenvalue weighted by molar-refractivity contribution is -0.172. The molecular formula is C38H43N7O8. The molecule has 3 atom stereocenters. The van der Waals surface area contributed by atoms with Crippen molar-refractivity contribution in [2.24, 2.45) is 11.5 Å². The topological polar surface area (TPSA) is 221 Å². The van der Waals surface area contributed by atoms with Crippen LogP contribution < -0.4 is 32.4 Å². The monoisotopic (exact) mass is 725 g/mol. The van der Waals surface area contributed by atoms with Gasteiger partial charge in [0.05, 0.1) is 35.1 Å². The van der Waals surface area contributed by atoms with Crippen LogP contribution in [0, 0.1) is 0 Å². The number of amides is 4. The Kier molecular flexibility index (Phi) is 10.2. The van der Waals surface area contributed by atoms with Crippen LogP contribution >= 0.6 is 0 Å². The quantitative estimate of drug-likeness (QED) is 0.0934.